The van der Waals surface area contributed by atoms with Crippen LogP contribution in [-0.4, -0.2) is 33.6 Å². The van der Waals surface area contributed by atoms with Crippen LogP contribution in [0.15, 0.2) is 18.2 Å². The minimum atomic E-state index is -3.82. The molecule has 1 aliphatic heterocycles. The molecule has 0 aliphatic carbocycles. The molecule has 0 bridgehead atoms. The molecule has 1 aliphatic rings. The van der Waals surface area contributed by atoms with E-state index in [-0.39, 0.29) is 29.3 Å². The van der Waals surface area contributed by atoms with Crippen LogP contribution >= 0.6 is 0 Å². The van der Waals surface area contributed by atoms with Crippen molar-refractivity contribution in [2.45, 2.75) is 11.7 Å². The molecule has 0 radical (unpaired) electrons. The molecule has 1 saturated heterocycles. The topological polar surface area (TPSA) is 106 Å². The molecular formula is C10H13FN2O4S2. The van der Waals surface area contributed by atoms with Gasteiger partial charge in [-0.05, 0) is 24.6 Å². The van der Waals surface area contributed by atoms with Crippen molar-refractivity contribution in [3.8, 4) is 0 Å². The van der Waals surface area contributed by atoms with Gasteiger partial charge >= 0.3 is 0 Å². The number of nitrogen functional groups attached to an aromatic ring is 1. The van der Waals surface area contributed by atoms with Crippen LogP contribution in [0.2, 0.25) is 0 Å². The van der Waals surface area contributed by atoms with Crippen molar-refractivity contribution in [2.24, 2.45) is 0 Å². The summed E-state index contributed by atoms with van der Waals surface area (Å²) in [5.74, 6) is -1.17. The van der Waals surface area contributed by atoms with Crippen molar-refractivity contribution in [1.29, 1.82) is 0 Å². The molecule has 1 aromatic carbocycles. The van der Waals surface area contributed by atoms with Gasteiger partial charge in [-0.1, -0.05) is 0 Å². The Morgan fingerprint density at radius 1 is 1.37 bits per heavy atom. The van der Waals surface area contributed by atoms with Gasteiger partial charge in [-0.25, -0.2) is 21.2 Å². The molecule has 6 nitrogen and oxygen atoms in total. The third-order valence-corrected chi connectivity index (χ3v) is 6.66. The normalized spacial score (nSPS) is 22.3. The van der Waals surface area contributed by atoms with Gasteiger partial charge in [0.25, 0.3) is 0 Å². The molecule has 0 saturated carbocycles. The fourth-order valence-electron chi connectivity index (χ4n) is 1.86. The van der Waals surface area contributed by atoms with E-state index in [1.54, 1.807) is 0 Å². The van der Waals surface area contributed by atoms with Crippen LogP contribution in [0.1, 0.15) is 6.42 Å². The van der Waals surface area contributed by atoms with E-state index in [9.17, 15) is 21.2 Å². The van der Waals surface area contributed by atoms with E-state index in [1.807, 2.05) is 0 Å². The number of halogens is 1. The summed E-state index contributed by atoms with van der Waals surface area (Å²) >= 11 is 0. The summed E-state index contributed by atoms with van der Waals surface area (Å²) < 4.78 is 61.7. The highest BCUT2D eigenvalue weighted by molar-refractivity contribution is 7.97. The first-order chi connectivity index (χ1) is 8.70. The molecule has 106 valence electrons. The number of anilines is 2. The van der Waals surface area contributed by atoms with Crippen LogP contribution < -0.4 is 10.5 Å². The largest absolute Gasteiger partial charge is 0.396 e. The number of sulfone groups is 1. The summed E-state index contributed by atoms with van der Waals surface area (Å²) in [6, 6.07) is 3.42. The second kappa shape index (κ2) is 4.64. The first-order valence-electron chi connectivity index (χ1n) is 5.47. The van der Waals surface area contributed by atoms with Gasteiger partial charge in [-0.15, -0.1) is 0 Å². The van der Waals surface area contributed by atoms with Crippen molar-refractivity contribution in [3.05, 3.63) is 24.0 Å². The van der Waals surface area contributed by atoms with E-state index in [0.717, 1.165) is 12.1 Å². The molecule has 0 amide bonds. The first-order valence-corrected chi connectivity index (χ1v) is 8.83. The van der Waals surface area contributed by atoms with Gasteiger partial charge in [0.1, 0.15) is 5.82 Å². The summed E-state index contributed by atoms with van der Waals surface area (Å²) in [7, 11) is -7.11. The van der Waals surface area contributed by atoms with E-state index in [2.05, 4.69) is 4.72 Å². The zero-order valence-corrected chi connectivity index (χ0v) is 11.5. The number of sulfonamides is 1. The van der Waals surface area contributed by atoms with E-state index >= 15 is 0 Å². The molecular weight excluding hydrogens is 295 g/mol. The molecule has 1 fully saturated rings. The highest BCUT2D eigenvalue weighted by Crippen LogP contribution is 2.23. The Bertz CT molecular complexity index is 700. The fraction of sp³-hybridized carbons (Fsp3) is 0.400. The van der Waals surface area contributed by atoms with Gasteiger partial charge in [0.2, 0.25) is 10.0 Å². The second-order valence-corrected chi connectivity index (χ2v) is 8.60. The fourth-order valence-corrected chi connectivity index (χ4v) is 5.94. The molecule has 1 atom stereocenters. The van der Waals surface area contributed by atoms with Crippen molar-refractivity contribution in [2.75, 3.05) is 22.0 Å². The average molecular weight is 308 g/mol. The Hall–Kier alpha value is -1.35. The van der Waals surface area contributed by atoms with Crippen LogP contribution in [-0.2, 0) is 19.9 Å². The summed E-state index contributed by atoms with van der Waals surface area (Å²) in [6.07, 6.45) is 0.0638. The van der Waals surface area contributed by atoms with Gasteiger partial charge in [-0.2, -0.15) is 0 Å². The Balaban J connectivity index is 2.20. The molecule has 1 unspecified atom stereocenters. The maximum Gasteiger partial charge on any atom is 0.236 e. The summed E-state index contributed by atoms with van der Waals surface area (Å²) in [4.78, 5) is 0. The zero-order chi connectivity index (χ0) is 14.3. The van der Waals surface area contributed by atoms with Crippen LogP contribution in [0.25, 0.3) is 0 Å². The molecule has 19 heavy (non-hydrogen) atoms. The standard InChI is InChI=1S/C10H13FN2O4S2/c11-9-2-1-7(5-10(9)12)13-19(16,17)8-3-4-18(14,15)6-8/h1-2,5,8,13H,3-4,6,12H2. The van der Waals surface area contributed by atoms with Gasteiger partial charge in [0.05, 0.1) is 28.1 Å². The summed E-state index contributed by atoms with van der Waals surface area (Å²) in [5, 5.41) is -0.983. The number of benzene rings is 1. The second-order valence-electron chi connectivity index (χ2n) is 4.41. The Morgan fingerprint density at radius 3 is 2.58 bits per heavy atom. The quantitative estimate of drug-likeness (QED) is 0.783. The molecule has 1 heterocycles. The Labute approximate surface area is 110 Å². The molecule has 0 spiro atoms. The van der Waals surface area contributed by atoms with Crippen molar-refractivity contribution < 1.29 is 21.2 Å². The number of hydrogen-bond acceptors (Lipinski definition) is 5. The Kier molecular flexibility index (Phi) is 3.43. The molecule has 3 N–H and O–H groups in total. The van der Waals surface area contributed by atoms with Crippen LogP contribution in [0, 0.1) is 5.82 Å². The van der Waals surface area contributed by atoms with E-state index in [0.29, 0.717) is 0 Å². The highest BCUT2D eigenvalue weighted by Gasteiger charge is 2.37. The SMILES string of the molecule is Nc1cc(NS(=O)(=O)C2CCS(=O)(=O)C2)ccc1F. The third-order valence-electron chi connectivity index (χ3n) is 2.89. The van der Waals surface area contributed by atoms with Crippen LogP contribution in [0.4, 0.5) is 15.8 Å². The lowest BCUT2D eigenvalue weighted by Crippen LogP contribution is -2.28. The summed E-state index contributed by atoms with van der Waals surface area (Å²) in [5.41, 5.74) is 5.26. The lowest BCUT2D eigenvalue weighted by atomic mass is 10.3. The molecule has 9 heteroatoms. The van der Waals surface area contributed by atoms with Crippen LogP contribution in [0.5, 0.6) is 0 Å². The van der Waals surface area contributed by atoms with Crippen LogP contribution in [0.3, 0.4) is 0 Å². The molecule has 1 aromatic rings. The number of rotatable bonds is 3. The first kappa shape index (κ1) is 14.1. The molecule has 0 aromatic heterocycles. The number of nitrogens with two attached hydrogens (primary N) is 1. The number of nitrogens with one attached hydrogen (secondary N) is 1. The smallest absolute Gasteiger partial charge is 0.236 e. The predicted octanol–water partition coefficient (Wildman–Crippen LogP) is 0.337. The molecule has 2 rings (SSSR count). The van der Waals surface area contributed by atoms with E-state index < -0.39 is 30.9 Å². The average Bonchev–Trinajstić information content (AvgIpc) is 2.65. The van der Waals surface area contributed by atoms with Crippen molar-refractivity contribution in [3.63, 3.8) is 0 Å². The maximum atomic E-state index is 13.0. The zero-order valence-electron chi connectivity index (χ0n) is 9.84. The lowest BCUT2D eigenvalue weighted by molar-refractivity contribution is 0.587. The van der Waals surface area contributed by atoms with Crippen molar-refractivity contribution >= 4 is 31.2 Å². The van der Waals surface area contributed by atoms with Gasteiger partial charge < -0.3 is 5.73 Å². The third kappa shape index (κ3) is 3.16. The minimum Gasteiger partial charge on any atom is -0.396 e. The van der Waals surface area contributed by atoms with Gasteiger partial charge in [0, 0.05) is 0 Å². The van der Waals surface area contributed by atoms with Gasteiger partial charge in [-0.3, -0.25) is 4.72 Å². The van der Waals surface area contributed by atoms with E-state index in [4.69, 9.17) is 5.73 Å². The summed E-state index contributed by atoms with van der Waals surface area (Å²) in [6.45, 7) is 0. The highest BCUT2D eigenvalue weighted by atomic mass is 32.2. The monoisotopic (exact) mass is 308 g/mol. The minimum absolute atomic E-state index is 0.0638. The van der Waals surface area contributed by atoms with Crippen molar-refractivity contribution in [1.82, 2.24) is 0 Å². The lowest BCUT2D eigenvalue weighted by Gasteiger charge is -2.13. The Morgan fingerprint density at radius 2 is 2.05 bits per heavy atom. The predicted molar refractivity (Wildman–Crippen MR) is 70.4 cm³/mol. The van der Waals surface area contributed by atoms with Gasteiger partial charge in [0.15, 0.2) is 9.84 Å². The van der Waals surface area contributed by atoms with E-state index in [1.165, 1.54) is 6.07 Å². The number of hydrogen-bond donors (Lipinski definition) is 2. The maximum absolute atomic E-state index is 13.0.